The standard InChI is InChI=1S/C14H7ClF4N2/c15-10-6-20-2-1-8(10)13-4-7-3-9(14(17,18)19)11(16)5-12(7)21-13/h1-6,21H. The summed E-state index contributed by atoms with van der Waals surface area (Å²) in [5, 5.41) is 0.604. The van der Waals surface area contributed by atoms with E-state index in [1.54, 1.807) is 6.07 Å². The van der Waals surface area contributed by atoms with E-state index in [2.05, 4.69) is 9.97 Å². The van der Waals surface area contributed by atoms with Crippen molar-refractivity contribution in [2.45, 2.75) is 6.18 Å². The average molecular weight is 315 g/mol. The maximum absolute atomic E-state index is 13.5. The van der Waals surface area contributed by atoms with Gasteiger partial charge in [0, 0.05) is 34.6 Å². The Labute approximate surface area is 121 Å². The number of nitrogens with one attached hydrogen (secondary N) is 1. The molecule has 0 aliphatic heterocycles. The molecule has 0 bridgehead atoms. The zero-order valence-corrected chi connectivity index (χ0v) is 11.1. The van der Waals surface area contributed by atoms with Crippen LogP contribution in [0, 0.1) is 5.82 Å². The van der Waals surface area contributed by atoms with Gasteiger partial charge in [-0.05, 0) is 24.3 Å². The summed E-state index contributed by atoms with van der Waals surface area (Å²) in [6, 6.07) is 4.72. The molecule has 1 N–H and O–H groups in total. The van der Waals surface area contributed by atoms with Crippen LogP contribution in [-0.2, 0) is 6.18 Å². The van der Waals surface area contributed by atoms with Crippen LogP contribution >= 0.6 is 11.6 Å². The molecule has 0 atom stereocenters. The fourth-order valence-corrected chi connectivity index (χ4v) is 2.33. The SMILES string of the molecule is Fc1cc2[nH]c(-c3ccncc3Cl)cc2cc1C(F)(F)F. The molecule has 108 valence electrons. The number of nitrogens with zero attached hydrogens (tertiary/aromatic N) is 1. The Balaban J connectivity index is 2.20. The summed E-state index contributed by atoms with van der Waals surface area (Å²) in [4.78, 5) is 6.68. The van der Waals surface area contributed by atoms with Crippen LogP contribution in [0.2, 0.25) is 5.02 Å². The summed E-state index contributed by atoms with van der Waals surface area (Å²) >= 11 is 5.98. The number of hydrogen-bond donors (Lipinski definition) is 1. The number of H-pyrrole nitrogens is 1. The van der Waals surface area contributed by atoms with Gasteiger partial charge in [-0.2, -0.15) is 13.2 Å². The van der Waals surface area contributed by atoms with Crippen LogP contribution in [0.15, 0.2) is 36.7 Å². The van der Waals surface area contributed by atoms with Crippen LogP contribution in [0.5, 0.6) is 0 Å². The van der Waals surface area contributed by atoms with E-state index in [-0.39, 0.29) is 10.9 Å². The summed E-state index contributed by atoms with van der Waals surface area (Å²) in [7, 11) is 0. The van der Waals surface area contributed by atoms with Gasteiger partial charge in [0.05, 0.1) is 10.6 Å². The molecule has 0 fully saturated rings. The molecule has 0 amide bonds. The maximum atomic E-state index is 13.5. The van der Waals surface area contributed by atoms with Gasteiger partial charge in [0.15, 0.2) is 0 Å². The Morgan fingerprint density at radius 2 is 1.90 bits per heavy atom. The summed E-state index contributed by atoms with van der Waals surface area (Å²) < 4.78 is 51.6. The molecule has 3 rings (SSSR count). The van der Waals surface area contributed by atoms with Gasteiger partial charge in [0.25, 0.3) is 0 Å². The Morgan fingerprint density at radius 3 is 2.57 bits per heavy atom. The number of benzene rings is 1. The molecule has 0 radical (unpaired) electrons. The van der Waals surface area contributed by atoms with E-state index in [1.807, 2.05) is 0 Å². The van der Waals surface area contributed by atoms with E-state index in [0.717, 1.165) is 12.1 Å². The maximum Gasteiger partial charge on any atom is 0.419 e. The van der Waals surface area contributed by atoms with Crippen molar-refractivity contribution in [1.29, 1.82) is 0 Å². The van der Waals surface area contributed by atoms with E-state index in [9.17, 15) is 17.6 Å². The van der Waals surface area contributed by atoms with Gasteiger partial charge >= 0.3 is 6.18 Å². The second-order valence-corrected chi connectivity index (χ2v) is 4.86. The number of alkyl halides is 3. The normalized spacial score (nSPS) is 12.0. The first-order valence-corrected chi connectivity index (χ1v) is 6.23. The molecule has 0 saturated heterocycles. The largest absolute Gasteiger partial charge is 0.419 e. The summed E-state index contributed by atoms with van der Waals surface area (Å²) in [5.74, 6) is -1.32. The smallest absolute Gasteiger partial charge is 0.354 e. The highest BCUT2D eigenvalue weighted by atomic mass is 35.5. The van der Waals surface area contributed by atoms with Gasteiger partial charge in [0.2, 0.25) is 0 Å². The van der Waals surface area contributed by atoms with Crippen LogP contribution in [-0.4, -0.2) is 9.97 Å². The minimum atomic E-state index is -4.73. The van der Waals surface area contributed by atoms with E-state index in [1.165, 1.54) is 18.5 Å². The van der Waals surface area contributed by atoms with Crippen molar-refractivity contribution in [3.63, 3.8) is 0 Å². The van der Waals surface area contributed by atoms with Crippen molar-refractivity contribution in [2.24, 2.45) is 0 Å². The van der Waals surface area contributed by atoms with Crippen molar-refractivity contribution >= 4 is 22.5 Å². The number of pyridine rings is 1. The number of fused-ring (bicyclic) bond motifs is 1. The number of rotatable bonds is 1. The molecule has 7 heteroatoms. The molecular weight excluding hydrogens is 308 g/mol. The van der Waals surface area contributed by atoms with Gasteiger partial charge in [-0.15, -0.1) is 0 Å². The number of hydrogen-bond acceptors (Lipinski definition) is 1. The first-order chi connectivity index (χ1) is 9.86. The number of aromatic nitrogens is 2. The van der Waals surface area contributed by atoms with Gasteiger partial charge in [-0.1, -0.05) is 11.6 Å². The molecule has 3 aromatic rings. The van der Waals surface area contributed by atoms with Crippen LogP contribution < -0.4 is 0 Å². The van der Waals surface area contributed by atoms with Gasteiger partial charge in [0.1, 0.15) is 5.82 Å². The molecule has 0 aliphatic rings. The minimum Gasteiger partial charge on any atom is -0.354 e. The zero-order chi connectivity index (χ0) is 15.2. The Hall–Kier alpha value is -2.08. The molecule has 2 heterocycles. The van der Waals surface area contributed by atoms with E-state index >= 15 is 0 Å². The zero-order valence-electron chi connectivity index (χ0n) is 10.3. The number of aromatic amines is 1. The highest BCUT2D eigenvalue weighted by Gasteiger charge is 2.34. The molecule has 0 aliphatic carbocycles. The van der Waals surface area contributed by atoms with Crippen LogP contribution in [0.4, 0.5) is 17.6 Å². The van der Waals surface area contributed by atoms with Crippen molar-refractivity contribution in [3.05, 3.63) is 53.1 Å². The fourth-order valence-electron chi connectivity index (χ4n) is 2.11. The molecule has 0 unspecified atom stereocenters. The van der Waals surface area contributed by atoms with Gasteiger partial charge < -0.3 is 4.98 Å². The van der Waals surface area contributed by atoms with Crippen molar-refractivity contribution in [3.8, 4) is 11.3 Å². The topological polar surface area (TPSA) is 28.7 Å². The third-order valence-electron chi connectivity index (χ3n) is 3.08. The average Bonchev–Trinajstić information content (AvgIpc) is 2.79. The van der Waals surface area contributed by atoms with E-state index < -0.39 is 17.6 Å². The van der Waals surface area contributed by atoms with Gasteiger partial charge in [-0.25, -0.2) is 4.39 Å². The number of halogens is 5. The Bertz CT molecular complexity index is 823. The molecule has 1 aromatic carbocycles. The lowest BCUT2D eigenvalue weighted by molar-refractivity contribution is -0.139. The molecule has 21 heavy (non-hydrogen) atoms. The lowest BCUT2D eigenvalue weighted by Gasteiger charge is -2.07. The quantitative estimate of drug-likeness (QED) is 0.626. The fraction of sp³-hybridized carbons (Fsp3) is 0.0714. The Morgan fingerprint density at radius 1 is 1.14 bits per heavy atom. The van der Waals surface area contributed by atoms with E-state index in [4.69, 9.17) is 11.6 Å². The minimum absolute atomic E-state index is 0.256. The highest BCUT2D eigenvalue weighted by molar-refractivity contribution is 6.33. The van der Waals surface area contributed by atoms with Crippen molar-refractivity contribution < 1.29 is 17.6 Å². The predicted octanol–water partition coefficient (Wildman–Crippen LogP) is 5.04. The predicted molar refractivity (Wildman–Crippen MR) is 71.5 cm³/mol. The summed E-state index contributed by atoms with van der Waals surface area (Å²) in [5.41, 5.74) is 0.0534. The lowest BCUT2D eigenvalue weighted by Crippen LogP contribution is -2.07. The highest BCUT2D eigenvalue weighted by Crippen LogP contribution is 2.35. The van der Waals surface area contributed by atoms with Crippen molar-refractivity contribution in [1.82, 2.24) is 9.97 Å². The lowest BCUT2D eigenvalue weighted by atomic mass is 10.1. The first-order valence-electron chi connectivity index (χ1n) is 5.85. The molecule has 2 nitrogen and oxygen atoms in total. The molecule has 0 spiro atoms. The van der Waals surface area contributed by atoms with Gasteiger partial charge in [-0.3, -0.25) is 4.98 Å². The van der Waals surface area contributed by atoms with Crippen LogP contribution in [0.3, 0.4) is 0 Å². The van der Waals surface area contributed by atoms with Crippen LogP contribution in [0.1, 0.15) is 5.56 Å². The Kier molecular flexibility index (Phi) is 3.13. The monoisotopic (exact) mass is 314 g/mol. The third-order valence-corrected chi connectivity index (χ3v) is 3.38. The summed E-state index contributed by atoms with van der Waals surface area (Å²) in [6.07, 6.45) is -1.80. The third kappa shape index (κ3) is 2.47. The van der Waals surface area contributed by atoms with E-state index in [0.29, 0.717) is 16.3 Å². The van der Waals surface area contributed by atoms with Crippen molar-refractivity contribution in [2.75, 3.05) is 0 Å². The molecule has 0 saturated carbocycles. The summed E-state index contributed by atoms with van der Waals surface area (Å²) in [6.45, 7) is 0. The first kappa shape index (κ1) is 13.9. The van der Waals surface area contributed by atoms with Crippen LogP contribution in [0.25, 0.3) is 22.2 Å². The second kappa shape index (κ2) is 4.73. The molecule has 2 aromatic heterocycles. The second-order valence-electron chi connectivity index (χ2n) is 4.46. The molecular formula is C14H7ClF4N2.